The minimum atomic E-state index is -0.551. The molecule has 0 aliphatic heterocycles. The third-order valence-corrected chi connectivity index (χ3v) is 4.76. The average molecular weight is 355 g/mol. The van der Waals surface area contributed by atoms with E-state index in [1.807, 2.05) is 25.3 Å². The highest BCUT2D eigenvalue weighted by atomic mass is 32.1. The first kappa shape index (κ1) is 17.1. The zero-order chi connectivity index (χ0) is 18.0. The van der Waals surface area contributed by atoms with Gasteiger partial charge in [-0.15, -0.1) is 17.9 Å². The molecular weight excluding hydrogens is 337 g/mol. The molecule has 128 valence electrons. The van der Waals surface area contributed by atoms with Crippen LogP contribution in [0, 0.1) is 19.7 Å². The molecule has 1 aromatic carbocycles. The molecule has 0 fully saturated rings. The van der Waals surface area contributed by atoms with E-state index in [9.17, 15) is 9.18 Å². The van der Waals surface area contributed by atoms with Crippen molar-refractivity contribution in [1.29, 1.82) is 0 Å². The summed E-state index contributed by atoms with van der Waals surface area (Å²) < 4.78 is 15.8. The molecule has 1 amide bonds. The van der Waals surface area contributed by atoms with Crippen LogP contribution in [0.5, 0.6) is 0 Å². The van der Waals surface area contributed by atoms with Crippen molar-refractivity contribution in [2.45, 2.75) is 20.4 Å². The van der Waals surface area contributed by atoms with E-state index >= 15 is 0 Å². The van der Waals surface area contributed by atoms with Gasteiger partial charge in [0.05, 0.1) is 11.3 Å². The molecule has 3 rings (SSSR count). The fourth-order valence-electron chi connectivity index (χ4n) is 2.74. The third kappa shape index (κ3) is 3.39. The number of halogens is 1. The van der Waals surface area contributed by atoms with Crippen molar-refractivity contribution in [2.24, 2.45) is 0 Å². The Kier molecular flexibility index (Phi) is 4.81. The Morgan fingerprint density at radius 3 is 2.88 bits per heavy atom. The Balaban J connectivity index is 1.84. The number of benzene rings is 1. The van der Waals surface area contributed by atoms with Crippen molar-refractivity contribution in [3.05, 3.63) is 71.1 Å². The second kappa shape index (κ2) is 7.03. The average Bonchev–Trinajstić information content (AvgIpc) is 3.15. The largest absolute Gasteiger partial charge is 0.345 e. The number of nitrogens with one attached hydrogen (secondary N) is 1. The number of thiazole rings is 1. The Hall–Kier alpha value is -2.73. The molecular formula is C19H18FN3OS. The molecule has 0 atom stereocenters. The monoisotopic (exact) mass is 355 g/mol. The van der Waals surface area contributed by atoms with Crippen LogP contribution >= 0.6 is 11.3 Å². The minimum absolute atomic E-state index is 0.00316. The van der Waals surface area contributed by atoms with Crippen molar-refractivity contribution in [2.75, 3.05) is 5.32 Å². The molecule has 0 aliphatic rings. The maximum atomic E-state index is 13.7. The minimum Gasteiger partial charge on any atom is -0.345 e. The maximum absolute atomic E-state index is 13.7. The number of anilines is 1. The normalized spacial score (nSPS) is 10.7. The van der Waals surface area contributed by atoms with E-state index in [4.69, 9.17) is 0 Å². The van der Waals surface area contributed by atoms with E-state index in [1.165, 1.54) is 23.5 Å². The van der Waals surface area contributed by atoms with Crippen LogP contribution in [0.4, 0.5) is 9.52 Å². The number of rotatable bonds is 5. The van der Waals surface area contributed by atoms with Crippen molar-refractivity contribution >= 4 is 22.4 Å². The van der Waals surface area contributed by atoms with Gasteiger partial charge >= 0.3 is 0 Å². The molecule has 0 radical (unpaired) electrons. The van der Waals surface area contributed by atoms with Gasteiger partial charge in [0.15, 0.2) is 5.13 Å². The molecule has 6 heteroatoms. The first-order chi connectivity index (χ1) is 12.0. The van der Waals surface area contributed by atoms with Gasteiger partial charge < -0.3 is 4.57 Å². The molecule has 1 N–H and O–H groups in total. The van der Waals surface area contributed by atoms with Crippen LogP contribution in [0.25, 0.3) is 11.3 Å². The SMILES string of the molecule is C=CCn1c(C)cc(-c2csc(NC(=O)c3ccccc3F)n2)c1C. The third-order valence-electron chi connectivity index (χ3n) is 4.00. The van der Waals surface area contributed by atoms with Gasteiger partial charge in [-0.05, 0) is 32.0 Å². The molecule has 0 saturated heterocycles. The van der Waals surface area contributed by atoms with Crippen LogP contribution in [0.2, 0.25) is 0 Å². The Morgan fingerprint density at radius 1 is 1.40 bits per heavy atom. The maximum Gasteiger partial charge on any atom is 0.260 e. The van der Waals surface area contributed by atoms with Gasteiger partial charge in [-0.3, -0.25) is 10.1 Å². The Labute approximate surface area is 149 Å². The van der Waals surface area contributed by atoms with Gasteiger partial charge in [0.2, 0.25) is 0 Å². The number of allylic oxidation sites excluding steroid dienone is 1. The number of carbonyl (C=O) groups excluding carboxylic acids is 1. The molecule has 2 heterocycles. The summed E-state index contributed by atoms with van der Waals surface area (Å²) in [5, 5.41) is 4.99. The quantitative estimate of drug-likeness (QED) is 0.668. The number of hydrogen-bond acceptors (Lipinski definition) is 3. The second-order valence-corrected chi connectivity index (χ2v) is 6.51. The van der Waals surface area contributed by atoms with Gasteiger partial charge in [-0.2, -0.15) is 0 Å². The van der Waals surface area contributed by atoms with E-state index in [1.54, 1.807) is 12.1 Å². The molecule has 25 heavy (non-hydrogen) atoms. The number of nitrogens with zero attached hydrogens (tertiary/aromatic N) is 2. The number of aromatic nitrogens is 2. The lowest BCUT2D eigenvalue weighted by Gasteiger charge is -2.05. The van der Waals surface area contributed by atoms with Gasteiger partial charge in [0.25, 0.3) is 5.91 Å². The summed E-state index contributed by atoms with van der Waals surface area (Å²) in [5.74, 6) is -1.05. The van der Waals surface area contributed by atoms with E-state index in [2.05, 4.69) is 27.5 Å². The summed E-state index contributed by atoms with van der Waals surface area (Å²) in [6.45, 7) is 8.58. The fraction of sp³-hybridized carbons (Fsp3) is 0.158. The van der Waals surface area contributed by atoms with Crippen LogP contribution in [0.3, 0.4) is 0 Å². The highest BCUT2D eigenvalue weighted by Crippen LogP contribution is 2.30. The number of hydrogen-bond donors (Lipinski definition) is 1. The second-order valence-electron chi connectivity index (χ2n) is 5.66. The van der Waals surface area contributed by atoms with Crippen LogP contribution < -0.4 is 5.32 Å². The molecule has 0 spiro atoms. The summed E-state index contributed by atoms with van der Waals surface area (Å²) in [4.78, 5) is 16.7. The lowest BCUT2D eigenvalue weighted by atomic mass is 10.2. The fourth-order valence-corrected chi connectivity index (χ4v) is 3.44. The van der Waals surface area contributed by atoms with E-state index in [-0.39, 0.29) is 5.56 Å². The molecule has 0 unspecified atom stereocenters. The predicted molar refractivity (Wildman–Crippen MR) is 99.6 cm³/mol. The standard InChI is InChI=1S/C19H18FN3OS/c1-4-9-23-12(2)10-15(13(23)3)17-11-25-19(21-17)22-18(24)14-7-5-6-8-16(14)20/h4-8,10-11H,1,9H2,2-3H3,(H,21,22,24). The highest BCUT2D eigenvalue weighted by molar-refractivity contribution is 7.14. The van der Waals surface area contributed by atoms with E-state index < -0.39 is 11.7 Å². The lowest BCUT2D eigenvalue weighted by molar-refractivity contribution is 0.102. The van der Waals surface area contributed by atoms with Crippen LogP contribution in [0.15, 0.2) is 48.4 Å². The van der Waals surface area contributed by atoms with Crippen molar-refractivity contribution < 1.29 is 9.18 Å². The number of amides is 1. The Bertz CT molecular complexity index is 942. The van der Waals surface area contributed by atoms with Crippen LogP contribution in [-0.2, 0) is 6.54 Å². The van der Waals surface area contributed by atoms with Gasteiger partial charge in [-0.25, -0.2) is 9.37 Å². The summed E-state index contributed by atoms with van der Waals surface area (Å²) in [6, 6.07) is 7.95. The molecule has 4 nitrogen and oxygen atoms in total. The highest BCUT2D eigenvalue weighted by Gasteiger charge is 2.16. The number of carbonyl (C=O) groups is 1. The Morgan fingerprint density at radius 2 is 2.16 bits per heavy atom. The lowest BCUT2D eigenvalue weighted by Crippen LogP contribution is -2.13. The zero-order valence-electron chi connectivity index (χ0n) is 14.0. The smallest absolute Gasteiger partial charge is 0.260 e. The van der Waals surface area contributed by atoms with Crippen molar-refractivity contribution in [1.82, 2.24) is 9.55 Å². The van der Waals surface area contributed by atoms with Crippen molar-refractivity contribution in [3.8, 4) is 11.3 Å². The first-order valence-electron chi connectivity index (χ1n) is 7.80. The first-order valence-corrected chi connectivity index (χ1v) is 8.68. The molecule has 0 aliphatic carbocycles. The van der Waals surface area contributed by atoms with Crippen LogP contribution in [0.1, 0.15) is 21.7 Å². The predicted octanol–water partition coefficient (Wildman–Crippen LogP) is 4.81. The molecule has 0 saturated carbocycles. The summed E-state index contributed by atoms with van der Waals surface area (Å²) in [7, 11) is 0. The summed E-state index contributed by atoms with van der Waals surface area (Å²) >= 11 is 1.32. The summed E-state index contributed by atoms with van der Waals surface area (Å²) in [5.41, 5.74) is 4.02. The van der Waals surface area contributed by atoms with Crippen molar-refractivity contribution in [3.63, 3.8) is 0 Å². The van der Waals surface area contributed by atoms with Gasteiger partial charge in [0, 0.05) is 28.9 Å². The molecule has 0 bridgehead atoms. The summed E-state index contributed by atoms with van der Waals surface area (Å²) in [6.07, 6.45) is 1.85. The molecule has 2 aromatic heterocycles. The van der Waals surface area contributed by atoms with Gasteiger partial charge in [0.1, 0.15) is 5.82 Å². The molecule has 3 aromatic rings. The topological polar surface area (TPSA) is 46.9 Å². The van der Waals surface area contributed by atoms with Crippen LogP contribution in [-0.4, -0.2) is 15.5 Å². The van der Waals surface area contributed by atoms with Gasteiger partial charge in [-0.1, -0.05) is 18.2 Å². The zero-order valence-corrected chi connectivity index (χ0v) is 14.9. The van der Waals surface area contributed by atoms with E-state index in [0.29, 0.717) is 5.13 Å². The number of aryl methyl sites for hydroxylation is 1. The van der Waals surface area contributed by atoms with E-state index in [0.717, 1.165) is 29.2 Å².